The molecule has 2 unspecified atom stereocenters. The Morgan fingerprint density at radius 1 is 1.47 bits per heavy atom. The van der Waals surface area contributed by atoms with Crippen LogP contribution in [0.2, 0.25) is 0 Å². The molecule has 1 heterocycles. The topological polar surface area (TPSA) is 38.5 Å². The van der Waals surface area contributed by atoms with Crippen LogP contribution in [-0.2, 0) is 4.74 Å². The minimum atomic E-state index is 0.339. The third-order valence-electron chi connectivity index (χ3n) is 3.04. The van der Waals surface area contributed by atoms with Crippen molar-refractivity contribution >= 4 is 0 Å². The van der Waals surface area contributed by atoms with Crippen LogP contribution in [0.1, 0.15) is 26.7 Å². The van der Waals surface area contributed by atoms with Crippen LogP contribution in [-0.4, -0.2) is 44.3 Å². The van der Waals surface area contributed by atoms with E-state index >= 15 is 0 Å². The number of rotatable bonds is 6. The van der Waals surface area contributed by atoms with E-state index in [-0.39, 0.29) is 0 Å². The minimum absolute atomic E-state index is 0.339. The van der Waals surface area contributed by atoms with Crippen molar-refractivity contribution in [3.8, 4) is 0 Å². The van der Waals surface area contributed by atoms with Crippen LogP contribution in [0, 0.1) is 11.8 Å². The number of nitrogens with two attached hydrogens (primary N) is 1. The van der Waals surface area contributed by atoms with Gasteiger partial charge in [0.15, 0.2) is 0 Å². The van der Waals surface area contributed by atoms with Gasteiger partial charge in [-0.05, 0) is 31.2 Å². The molecule has 1 aliphatic heterocycles. The van der Waals surface area contributed by atoms with E-state index in [2.05, 4.69) is 18.7 Å². The zero-order valence-corrected chi connectivity index (χ0v) is 10.4. The van der Waals surface area contributed by atoms with Crippen molar-refractivity contribution in [2.24, 2.45) is 17.6 Å². The van der Waals surface area contributed by atoms with Gasteiger partial charge in [0, 0.05) is 26.2 Å². The third-order valence-corrected chi connectivity index (χ3v) is 3.04. The Hall–Kier alpha value is -0.120. The first kappa shape index (κ1) is 12.9. The van der Waals surface area contributed by atoms with Crippen LogP contribution in [0.15, 0.2) is 0 Å². The Bertz CT molecular complexity index is 173. The first-order chi connectivity index (χ1) is 7.11. The maximum Gasteiger partial charge on any atom is 0.0503 e. The summed E-state index contributed by atoms with van der Waals surface area (Å²) in [6.45, 7) is 8.78. The summed E-state index contributed by atoms with van der Waals surface area (Å²) in [5, 5.41) is 0. The monoisotopic (exact) mass is 214 g/mol. The SMILES string of the molecule is COCC1CCN(CC(N)CC(C)C)C1. The Morgan fingerprint density at radius 2 is 2.20 bits per heavy atom. The molecular weight excluding hydrogens is 188 g/mol. The maximum absolute atomic E-state index is 6.10. The average Bonchev–Trinajstić information content (AvgIpc) is 2.51. The van der Waals surface area contributed by atoms with Gasteiger partial charge in [0.05, 0.1) is 6.61 Å². The molecular formula is C12H26N2O. The molecule has 0 aromatic rings. The van der Waals surface area contributed by atoms with Crippen molar-refractivity contribution in [2.45, 2.75) is 32.7 Å². The lowest BCUT2D eigenvalue weighted by Gasteiger charge is -2.22. The summed E-state index contributed by atoms with van der Waals surface area (Å²) < 4.78 is 5.19. The van der Waals surface area contributed by atoms with Gasteiger partial charge in [0.25, 0.3) is 0 Å². The van der Waals surface area contributed by atoms with Crippen LogP contribution in [0.25, 0.3) is 0 Å². The number of methoxy groups -OCH3 is 1. The van der Waals surface area contributed by atoms with E-state index in [4.69, 9.17) is 10.5 Å². The van der Waals surface area contributed by atoms with Gasteiger partial charge < -0.3 is 15.4 Å². The fourth-order valence-electron chi connectivity index (χ4n) is 2.46. The summed E-state index contributed by atoms with van der Waals surface area (Å²) >= 11 is 0. The van der Waals surface area contributed by atoms with Crippen molar-refractivity contribution in [3.63, 3.8) is 0 Å². The molecule has 2 N–H and O–H groups in total. The summed E-state index contributed by atoms with van der Waals surface area (Å²) in [5.74, 6) is 1.43. The summed E-state index contributed by atoms with van der Waals surface area (Å²) in [5.41, 5.74) is 6.10. The molecule has 0 saturated carbocycles. The van der Waals surface area contributed by atoms with E-state index in [1.54, 1.807) is 7.11 Å². The molecule has 1 rings (SSSR count). The lowest BCUT2D eigenvalue weighted by Crippen LogP contribution is -2.37. The van der Waals surface area contributed by atoms with E-state index in [0.29, 0.717) is 12.0 Å². The molecule has 3 heteroatoms. The van der Waals surface area contributed by atoms with Crippen LogP contribution in [0.5, 0.6) is 0 Å². The summed E-state index contributed by atoms with van der Waals surface area (Å²) in [7, 11) is 1.78. The Balaban J connectivity index is 2.17. The number of ether oxygens (including phenoxy) is 1. The van der Waals surface area contributed by atoms with E-state index < -0.39 is 0 Å². The van der Waals surface area contributed by atoms with Gasteiger partial charge in [-0.1, -0.05) is 13.8 Å². The van der Waals surface area contributed by atoms with E-state index in [0.717, 1.165) is 25.5 Å². The second-order valence-electron chi connectivity index (χ2n) is 5.26. The molecule has 0 aliphatic carbocycles. The molecule has 0 amide bonds. The van der Waals surface area contributed by atoms with Gasteiger partial charge in [0.1, 0.15) is 0 Å². The van der Waals surface area contributed by atoms with Gasteiger partial charge in [-0.25, -0.2) is 0 Å². The molecule has 0 radical (unpaired) electrons. The maximum atomic E-state index is 6.10. The van der Waals surface area contributed by atoms with Crippen molar-refractivity contribution in [1.82, 2.24) is 4.90 Å². The first-order valence-corrected chi connectivity index (χ1v) is 6.08. The van der Waals surface area contributed by atoms with Crippen molar-refractivity contribution in [3.05, 3.63) is 0 Å². The summed E-state index contributed by atoms with van der Waals surface area (Å²) in [6.07, 6.45) is 2.40. The zero-order chi connectivity index (χ0) is 11.3. The Labute approximate surface area is 94.0 Å². The molecule has 3 nitrogen and oxygen atoms in total. The highest BCUT2D eigenvalue weighted by atomic mass is 16.5. The first-order valence-electron chi connectivity index (χ1n) is 6.08. The zero-order valence-electron chi connectivity index (χ0n) is 10.4. The van der Waals surface area contributed by atoms with Gasteiger partial charge in [-0.15, -0.1) is 0 Å². The molecule has 0 spiro atoms. The molecule has 0 aromatic heterocycles. The highest BCUT2D eigenvalue weighted by molar-refractivity contribution is 4.78. The predicted molar refractivity (Wildman–Crippen MR) is 63.9 cm³/mol. The fraction of sp³-hybridized carbons (Fsp3) is 1.00. The Kier molecular flexibility index (Phi) is 5.58. The van der Waals surface area contributed by atoms with Crippen molar-refractivity contribution in [2.75, 3.05) is 33.4 Å². The summed E-state index contributed by atoms with van der Waals surface area (Å²) in [4.78, 5) is 2.48. The lowest BCUT2D eigenvalue weighted by atomic mass is 10.0. The number of hydrogen-bond acceptors (Lipinski definition) is 3. The van der Waals surface area contributed by atoms with Gasteiger partial charge in [-0.3, -0.25) is 0 Å². The molecule has 0 aromatic carbocycles. The van der Waals surface area contributed by atoms with Gasteiger partial charge >= 0.3 is 0 Å². The molecule has 1 saturated heterocycles. The van der Waals surface area contributed by atoms with Crippen molar-refractivity contribution in [1.29, 1.82) is 0 Å². The largest absolute Gasteiger partial charge is 0.384 e. The van der Waals surface area contributed by atoms with Gasteiger partial charge in [0.2, 0.25) is 0 Å². The lowest BCUT2D eigenvalue weighted by molar-refractivity contribution is 0.152. The fourth-order valence-corrected chi connectivity index (χ4v) is 2.46. The molecule has 2 atom stereocenters. The van der Waals surface area contributed by atoms with Crippen LogP contribution >= 0.6 is 0 Å². The second kappa shape index (κ2) is 6.46. The molecule has 1 aliphatic rings. The smallest absolute Gasteiger partial charge is 0.0503 e. The standard InChI is InChI=1S/C12H26N2O/c1-10(2)6-12(13)8-14-5-4-11(7-14)9-15-3/h10-12H,4-9,13H2,1-3H3. The minimum Gasteiger partial charge on any atom is -0.384 e. The van der Waals surface area contributed by atoms with Crippen molar-refractivity contribution < 1.29 is 4.74 Å². The number of hydrogen-bond donors (Lipinski definition) is 1. The number of nitrogens with zero attached hydrogens (tertiary/aromatic N) is 1. The summed E-state index contributed by atoms with van der Waals surface area (Å²) in [6, 6.07) is 0.339. The van der Waals surface area contributed by atoms with Crippen LogP contribution in [0.3, 0.4) is 0 Å². The van der Waals surface area contributed by atoms with E-state index in [1.165, 1.54) is 19.5 Å². The highest BCUT2D eigenvalue weighted by Crippen LogP contribution is 2.17. The average molecular weight is 214 g/mol. The highest BCUT2D eigenvalue weighted by Gasteiger charge is 2.23. The second-order valence-corrected chi connectivity index (χ2v) is 5.26. The normalized spacial score (nSPS) is 25.0. The van der Waals surface area contributed by atoms with E-state index in [1.807, 2.05) is 0 Å². The predicted octanol–water partition coefficient (Wildman–Crippen LogP) is 1.33. The van der Waals surface area contributed by atoms with E-state index in [9.17, 15) is 0 Å². The quantitative estimate of drug-likeness (QED) is 0.725. The van der Waals surface area contributed by atoms with Crippen LogP contribution < -0.4 is 5.73 Å². The molecule has 90 valence electrons. The number of likely N-dealkylation sites (tertiary alicyclic amines) is 1. The third kappa shape index (κ3) is 4.96. The van der Waals surface area contributed by atoms with Gasteiger partial charge in [-0.2, -0.15) is 0 Å². The Morgan fingerprint density at radius 3 is 2.80 bits per heavy atom. The molecule has 1 fully saturated rings. The van der Waals surface area contributed by atoms with Crippen LogP contribution in [0.4, 0.5) is 0 Å². The molecule has 0 bridgehead atoms. The molecule has 15 heavy (non-hydrogen) atoms.